The highest BCUT2D eigenvalue weighted by molar-refractivity contribution is 7.80. The van der Waals surface area contributed by atoms with Crippen LogP contribution in [0.15, 0.2) is 18.2 Å². The van der Waals surface area contributed by atoms with Crippen LogP contribution in [-0.2, 0) is 11.2 Å². The van der Waals surface area contributed by atoms with Gasteiger partial charge in [-0.3, -0.25) is 4.79 Å². The van der Waals surface area contributed by atoms with Gasteiger partial charge in [0.15, 0.2) is 0 Å². The van der Waals surface area contributed by atoms with Crippen LogP contribution in [0.25, 0.3) is 0 Å². The molecule has 0 bridgehead atoms. The van der Waals surface area contributed by atoms with E-state index in [4.69, 9.17) is 5.11 Å². The Labute approximate surface area is 103 Å². The van der Waals surface area contributed by atoms with Crippen molar-refractivity contribution < 1.29 is 24.5 Å². The first-order valence-electron chi connectivity index (χ1n) is 4.92. The molecule has 0 fully saturated rings. The van der Waals surface area contributed by atoms with Crippen molar-refractivity contribution in [1.82, 2.24) is 0 Å². The van der Waals surface area contributed by atoms with Crippen molar-refractivity contribution in [2.24, 2.45) is 0 Å². The van der Waals surface area contributed by atoms with E-state index >= 15 is 0 Å². The van der Waals surface area contributed by atoms with Crippen LogP contribution in [0, 0.1) is 5.82 Å². The van der Waals surface area contributed by atoms with Crippen molar-refractivity contribution >= 4 is 18.6 Å². The molecule has 2 atom stereocenters. The lowest BCUT2D eigenvalue weighted by Gasteiger charge is -2.17. The molecular formula is C11H13FO4S. The molecule has 2 unspecified atom stereocenters. The van der Waals surface area contributed by atoms with Gasteiger partial charge in [-0.15, -0.1) is 0 Å². The van der Waals surface area contributed by atoms with E-state index < -0.39 is 24.0 Å². The standard InChI is InChI=1S/C11H13FO4S/c12-8-2-1-6(4-10(14)15)3-7(8)11(16)9(13)5-17/h1-3,9,11,13,16-17H,4-5H2,(H,14,15). The quantitative estimate of drug-likeness (QED) is 0.590. The summed E-state index contributed by atoms with van der Waals surface area (Å²) >= 11 is 3.79. The number of carboxylic acid groups (broad SMARTS) is 1. The van der Waals surface area contributed by atoms with Gasteiger partial charge in [-0.1, -0.05) is 6.07 Å². The predicted molar refractivity (Wildman–Crippen MR) is 62.6 cm³/mol. The number of hydrogen-bond acceptors (Lipinski definition) is 4. The second-order valence-electron chi connectivity index (χ2n) is 3.62. The Morgan fingerprint density at radius 3 is 2.59 bits per heavy atom. The molecule has 94 valence electrons. The molecule has 0 heterocycles. The van der Waals surface area contributed by atoms with Crippen LogP contribution in [-0.4, -0.2) is 33.1 Å². The number of halogens is 1. The number of rotatable bonds is 5. The van der Waals surface area contributed by atoms with Gasteiger partial charge in [0, 0.05) is 11.3 Å². The number of thiol groups is 1. The summed E-state index contributed by atoms with van der Waals surface area (Å²) in [6.07, 6.45) is -2.88. The van der Waals surface area contributed by atoms with Crippen LogP contribution in [0.2, 0.25) is 0 Å². The Kier molecular flexibility index (Phi) is 4.92. The van der Waals surface area contributed by atoms with Gasteiger partial charge in [-0.2, -0.15) is 12.6 Å². The first kappa shape index (κ1) is 14.0. The molecule has 6 heteroatoms. The molecule has 3 N–H and O–H groups in total. The molecule has 0 aliphatic heterocycles. The average Bonchev–Trinajstić information content (AvgIpc) is 2.29. The molecule has 0 amide bonds. The van der Waals surface area contributed by atoms with Gasteiger partial charge < -0.3 is 15.3 Å². The highest BCUT2D eigenvalue weighted by Gasteiger charge is 2.21. The van der Waals surface area contributed by atoms with Crippen LogP contribution >= 0.6 is 12.6 Å². The second-order valence-corrected chi connectivity index (χ2v) is 3.99. The SMILES string of the molecule is O=C(O)Cc1ccc(F)c(C(O)C(O)CS)c1. The summed E-state index contributed by atoms with van der Waals surface area (Å²) in [6, 6.07) is 3.63. The van der Waals surface area contributed by atoms with Crippen molar-refractivity contribution in [2.75, 3.05) is 5.75 Å². The van der Waals surface area contributed by atoms with Gasteiger partial charge in [-0.05, 0) is 17.7 Å². The first-order valence-corrected chi connectivity index (χ1v) is 5.56. The monoisotopic (exact) mass is 260 g/mol. The number of carbonyl (C=O) groups is 1. The largest absolute Gasteiger partial charge is 0.481 e. The number of aliphatic hydroxyl groups is 2. The van der Waals surface area contributed by atoms with Gasteiger partial charge in [0.1, 0.15) is 11.9 Å². The number of hydrogen-bond donors (Lipinski definition) is 4. The predicted octanol–water partition coefficient (Wildman–Crippen LogP) is 0.777. The minimum atomic E-state index is -1.42. The molecule has 1 rings (SSSR count). The smallest absolute Gasteiger partial charge is 0.307 e. The fourth-order valence-electron chi connectivity index (χ4n) is 1.41. The Morgan fingerprint density at radius 1 is 1.41 bits per heavy atom. The molecule has 0 spiro atoms. The van der Waals surface area contributed by atoms with E-state index in [1.165, 1.54) is 12.1 Å². The fourth-order valence-corrected chi connectivity index (χ4v) is 1.61. The summed E-state index contributed by atoms with van der Waals surface area (Å²) in [7, 11) is 0. The molecule has 0 radical (unpaired) electrons. The lowest BCUT2D eigenvalue weighted by atomic mass is 10.0. The van der Waals surface area contributed by atoms with E-state index in [0.29, 0.717) is 5.56 Å². The topological polar surface area (TPSA) is 77.8 Å². The zero-order valence-corrected chi connectivity index (χ0v) is 9.77. The maximum Gasteiger partial charge on any atom is 0.307 e. The number of carboxylic acids is 1. The van der Waals surface area contributed by atoms with Gasteiger partial charge >= 0.3 is 5.97 Å². The van der Waals surface area contributed by atoms with E-state index in [1.54, 1.807) is 0 Å². The van der Waals surface area contributed by atoms with Gasteiger partial charge in [0.2, 0.25) is 0 Å². The molecule has 0 aliphatic carbocycles. The summed E-state index contributed by atoms with van der Waals surface area (Å²) in [4.78, 5) is 10.5. The average molecular weight is 260 g/mol. The fraction of sp³-hybridized carbons (Fsp3) is 0.364. The Balaban J connectivity index is 3.01. The van der Waals surface area contributed by atoms with Crippen LogP contribution in [0.3, 0.4) is 0 Å². The molecule has 0 saturated heterocycles. The minimum Gasteiger partial charge on any atom is -0.481 e. The molecule has 1 aromatic carbocycles. The van der Waals surface area contributed by atoms with E-state index in [2.05, 4.69) is 12.6 Å². The summed E-state index contributed by atoms with van der Waals surface area (Å²) in [5.74, 6) is -1.76. The Hall–Kier alpha value is -1.11. The van der Waals surface area contributed by atoms with E-state index in [0.717, 1.165) is 6.07 Å². The maximum atomic E-state index is 13.4. The van der Waals surface area contributed by atoms with Gasteiger partial charge in [-0.25, -0.2) is 4.39 Å². The number of aliphatic hydroxyl groups excluding tert-OH is 2. The molecule has 0 aromatic heterocycles. The lowest BCUT2D eigenvalue weighted by Crippen LogP contribution is -2.21. The van der Waals surface area contributed by atoms with Crippen molar-refractivity contribution in [3.05, 3.63) is 35.1 Å². The van der Waals surface area contributed by atoms with E-state index in [1.807, 2.05) is 0 Å². The van der Waals surface area contributed by atoms with Crippen molar-refractivity contribution in [1.29, 1.82) is 0 Å². The van der Waals surface area contributed by atoms with Crippen LogP contribution in [0.1, 0.15) is 17.2 Å². The zero-order valence-electron chi connectivity index (χ0n) is 8.88. The lowest BCUT2D eigenvalue weighted by molar-refractivity contribution is -0.136. The van der Waals surface area contributed by atoms with Gasteiger partial charge in [0.05, 0.1) is 12.5 Å². The summed E-state index contributed by atoms with van der Waals surface area (Å²) in [5.41, 5.74) is 0.240. The van der Waals surface area contributed by atoms with Crippen LogP contribution in [0.4, 0.5) is 4.39 Å². The highest BCUT2D eigenvalue weighted by atomic mass is 32.1. The number of aliphatic carboxylic acids is 1. The second kappa shape index (κ2) is 6.00. The number of benzene rings is 1. The van der Waals surface area contributed by atoms with Gasteiger partial charge in [0.25, 0.3) is 0 Å². The van der Waals surface area contributed by atoms with Crippen molar-refractivity contribution in [3.8, 4) is 0 Å². The third kappa shape index (κ3) is 3.69. The van der Waals surface area contributed by atoms with Crippen molar-refractivity contribution in [2.45, 2.75) is 18.6 Å². The third-order valence-corrected chi connectivity index (χ3v) is 2.66. The van der Waals surface area contributed by atoms with Crippen LogP contribution in [0.5, 0.6) is 0 Å². The first-order chi connectivity index (χ1) is 7.95. The van der Waals surface area contributed by atoms with Crippen molar-refractivity contribution in [3.63, 3.8) is 0 Å². The third-order valence-electron chi connectivity index (χ3n) is 2.29. The van der Waals surface area contributed by atoms with Crippen LogP contribution < -0.4 is 0 Å². The maximum absolute atomic E-state index is 13.4. The summed E-state index contributed by atoms with van der Waals surface area (Å²) in [5, 5.41) is 27.6. The Morgan fingerprint density at radius 2 is 2.06 bits per heavy atom. The summed E-state index contributed by atoms with van der Waals surface area (Å²) < 4.78 is 13.4. The Bertz CT molecular complexity index is 410. The molecule has 0 aliphatic rings. The van der Waals surface area contributed by atoms with E-state index in [-0.39, 0.29) is 17.7 Å². The summed E-state index contributed by atoms with van der Waals surface area (Å²) in [6.45, 7) is 0. The molecule has 4 nitrogen and oxygen atoms in total. The normalized spacial score (nSPS) is 14.4. The highest BCUT2D eigenvalue weighted by Crippen LogP contribution is 2.22. The molecule has 17 heavy (non-hydrogen) atoms. The molecular weight excluding hydrogens is 247 g/mol. The zero-order chi connectivity index (χ0) is 13.0. The molecule has 0 saturated carbocycles. The minimum absolute atomic E-state index is 0.0240. The van der Waals surface area contributed by atoms with E-state index in [9.17, 15) is 19.4 Å². The molecule has 1 aromatic rings.